The molecule has 4 heteroatoms. The smallest absolute Gasteiger partial charge is 0.163 e. The highest BCUT2D eigenvalue weighted by atomic mass is 16.3. The molecule has 0 saturated carbocycles. The molecule has 0 fully saturated rings. The van der Waals surface area contributed by atoms with Gasteiger partial charge in [0.2, 0.25) is 0 Å². The molecule has 0 atom stereocenters. The van der Waals surface area contributed by atoms with E-state index in [0.29, 0.717) is 18.5 Å². The van der Waals surface area contributed by atoms with Crippen LogP contribution in [-0.4, -0.2) is 40.7 Å². The molecule has 0 unspecified atom stereocenters. The zero-order valence-corrected chi connectivity index (χ0v) is 9.94. The van der Waals surface area contributed by atoms with Gasteiger partial charge in [0.1, 0.15) is 5.75 Å². The fraction of sp³-hybridized carbons (Fsp3) is 0.462. The Kier molecular flexibility index (Phi) is 3.45. The van der Waals surface area contributed by atoms with Gasteiger partial charge in [-0.3, -0.25) is 9.69 Å². The van der Waals surface area contributed by atoms with Crippen LogP contribution in [-0.2, 0) is 12.8 Å². The molecule has 0 aliphatic carbocycles. The second-order valence-electron chi connectivity index (χ2n) is 4.42. The average Bonchev–Trinajstić information content (AvgIpc) is 2.51. The van der Waals surface area contributed by atoms with Crippen LogP contribution in [0.2, 0.25) is 0 Å². The van der Waals surface area contributed by atoms with Gasteiger partial charge < -0.3 is 10.2 Å². The highest BCUT2D eigenvalue weighted by Crippen LogP contribution is 2.29. The third-order valence-corrected chi connectivity index (χ3v) is 3.33. The summed E-state index contributed by atoms with van der Waals surface area (Å²) in [5, 5.41) is 19.2. The zero-order chi connectivity index (χ0) is 12.4. The molecule has 1 aliphatic rings. The van der Waals surface area contributed by atoms with E-state index < -0.39 is 0 Å². The minimum absolute atomic E-state index is 0.0360. The quantitative estimate of drug-likeness (QED) is 0.749. The van der Waals surface area contributed by atoms with Crippen LogP contribution in [0.5, 0.6) is 5.75 Å². The van der Waals surface area contributed by atoms with Gasteiger partial charge in [0, 0.05) is 13.1 Å². The first-order valence-corrected chi connectivity index (χ1v) is 5.81. The number of benzene rings is 1. The van der Waals surface area contributed by atoms with Crippen molar-refractivity contribution in [2.75, 3.05) is 19.8 Å². The molecule has 0 aromatic heterocycles. The van der Waals surface area contributed by atoms with Crippen LogP contribution in [0.15, 0.2) is 12.1 Å². The summed E-state index contributed by atoms with van der Waals surface area (Å²) < 4.78 is 0. The number of nitrogens with zero attached hydrogens (tertiary/aromatic N) is 1. The van der Waals surface area contributed by atoms with Crippen molar-refractivity contribution in [1.29, 1.82) is 0 Å². The monoisotopic (exact) mass is 235 g/mol. The van der Waals surface area contributed by atoms with Crippen LogP contribution >= 0.6 is 0 Å². The third kappa shape index (κ3) is 2.33. The molecule has 2 rings (SSSR count). The van der Waals surface area contributed by atoms with E-state index in [1.165, 1.54) is 6.92 Å². The van der Waals surface area contributed by atoms with Gasteiger partial charge in [-0.2, -0.15) is 0 Å². The summed E-state index contributed by atoms with van der Waals surface area (Å²) in [5.74, 6) is 0.00310. The maximum absolute atomic E-state index is 11.3. The van der Waals surface area contributed by atoms with Crippen LogP contribution in [0.1, 0.15) is 28.4 Å². The van der Waals surface area contributed by atoms with Crippen LogP contribution in [0, 0.1) is 0 Å². The van der Waals surface area contributed by atoms with E-state index in [1.54, 1.807) is 6.07 Å². The zero-order valence-electron chi connectivity index (χ0n) is 9.94. The summed E-state index contributed by atoms with van der Waals surface area (Å²) in [5.41, 5.74) is 2.32. The number of carbonyl (C=O) groups excluding carboxylic acids is 1. The van der Waals surface area contributed by atoms with E-state index in [-0.39, 0.29) is 18.3 Å². The van der Waals surface area contributed by atoms with Gasteiger partial charge in [0.25, 0.3) is 0 Å². The number of phenols is 1. The molecule has 4 nitrogen and oxygen atoms in total. The predicted octanol–water partition coefficient (Wildman–Crippen LogP) is 0.945. The predicted molar refractivity (Wildman–Crippen MR) is 64.2 cm³/mol. The molecule has 0 amide bonds. The Morgan fingerprint density at radius 3 is 2.71 bits per heavy atom. The summed E-state index contributed by atoms with van der Waals surface area (Å²) in [6.07, 6.45) is 1.46. The first-order valence-electron chi connectivity index (χ1n) is 5.81. The Bertz CT molecular complexity index is 443. The normalized spacial score (nSPS) is 16.4. The molecule has 1 heterocycles. The minimum Gasteiger partial charge on any atom is -0.507 e. The molecule has 1 aliphatic heterocycles. The molecule has 1 aromatic rings. The van der Waals surface area contributed by atoms with E-state index in [9.17, 15) is 9.90 Å². The van der Waals surface area contributed by atoms with Gasteiger partial charge in [-0.15, -0.1) is 0 Å². The number of fused-ring (bicyclic) bond motifs is 1. The molecular formula is C13H17NO3. The summed E-state index contributed by atoms with van der Waals surface area (Å²) in [6, 6.07) is 3.60. The summed E-state index contributed by atoms with van der Waals surface area (Å²) in [6.45, 7) is 2.98. The van der Waals surface area contributed by atoms with Crippen molar-refractivity contribution < 1.29 is 15.0 Å². The summed E-state index contributed by atoms with van der Waals surface area (Å²) in [4.78, 5) is 13.3. The number of aliphatic hydroxyl groups is 1. The third-order valence-electron chi connectivity index (χ3n) is 3.33. The number of aliphatic hydroxyl groups excluding tert-OH is 1. The van der Waals surface area contributed by atoms with E-state index in [1.807, 2.05) is 11.0 Å². The Hall–Kier alpha value is -1.39. The molecule has 0 bridgehead atoms. The molecule has 17 heavy (non-hydrogen) atoms. The molecule has 0 radical (unpaired) electrons. The number of aromatic hydroxyl groups is 1. The molecular weight excluding hydrogens is 218 g/mol. The molecule has 2 N–H and O–H groups in total. The minimum atomic E-state index is -0.117. The Morgan fingerprint density at radius 2 is 2.06 bits per heavy atom. The van der Waals surface area contributed by atoms with E-state index in [0.717, 1.165) is 24.1 Å². The lowest BCUT2D eigenvalue weighted by Crippen LogP contribution is -2.27. The van der Waals surface area contributed by atoms with Gasteiger partial charge in [-0.05, 0) is 37.0 Å². The first-order chi connectivity index (χ1) is 8.13. The standard InChI is InChI=1S/C13H17NO3/c1-9(16)11-3-2-10-4-6-14(8-15)7-5-12(10)13(11)17/h2-3,15,17H,4-8H2,1H3. The summed E-state index contributed by atoms with van der Waals surface area (Å²) >= 11 is 0. The lowest BCUT2D eigenvalue weighted by Gasteiger charge is -2.15. The number of phenolic OH excluding ortho intramolecular Hbond substituents is 1. The Morgan fingerprint density at radius 1 is 1.35 bits per heavy atom. The number of ketones is 1. The topological polar surface area (TPSA) is 60.8 Å². The maximum Gasteiger partial charge on any atom is 0.163 e. The van der Waals surface area contributed by atoms with E-state index >= 15 is 0 Å². The Labute approximate surface area is 100 Å². The Balaban J connectivity index is 2.37. The number of rotatable bonds is 2. The number of carbonyl (C=O) groups is 1. The second-order valence-corrected chi connectivity index (χ2v) is 4.42. The number of Topliss-reactive ketones (excluding diaryl/α,β-unsaturated/α-hetero) is 1. The average molecular weight is 235 g/mol. The van der Waals surface area contributed by atoms with E-state index in [2.05, 4.69) is 0 Å². The van der Waals surface area contributed by atoms with Crippen molar-refractivity contribution in [3.05, 3.63) is 28.8 Å². The van der Waals surface area contributed by atoms with Crippen molar-refractivity contribution in [2.45, 2.75) is 19.8 Å². The maximum atomic E-state index is 11.3. The van der Waals surface area contributed by atoms with Gasteiger partial charge in [-0.1, -0.05) is 6.07 Å². The number of hydrogen-bond acceptors (Lipinski definition) is 4. The highest BCUT2D eigenvalue weighted by molar-refractivity contribution is 5.97. The van der Waals surface area contributed by atoms with Gasteiger partial charge in [0.05, 0.1) is 12.3 Å². The lowest BCUT2D eigenvalue weighted by atomic mass is 9.97. The largest absolute Gasteiger partial charge is 0.507 e. The van der Waals surface area contributed by atoms with Crippen LogP contribution in [0.25, 0.3) is 0 Å². The fourth-order valence-corrected chi connectivity index (χ4v) is 2.28. The summed E-state index contributed by atoms with van der Waals surface area (Å²) in [7, 11) is 0. The first kappa shape index (κ1) is 12.1. The van der Waals surface area contributed by atoms with Crippen LogP contribution in [0.3, 0.4) is 0 Å². The highest BCUT2D eigenvalue weighted by Gasteiger charge is 2.19. The van der Waals surface area contributed by atoms with Crippen molar-refractivity contribution >= 4 is 5.78 Å². The van der Waals surface area contributed by atoms with E-state index in [4.69, 9.17) is 5.11 Å². The fourth-order valence-electron chi connectivity index (χ4n) is 2.28. The number of hydrogen-bond donors (Lipinski definition) is 2. The second kappa shape index (κ2) is 4.85. The van der Waals surface area contributed by atoms with Crippen LogP contribution < -0.4 is 0 Å². The van der Waals surface area contributed by atoms with Crippen molar-refractivity contribution in [3.8, 4) is 5.75 Å². The molecule has 0 spiro atoms. The molecule has 0 saturated heterocycles. The van der Waals surface area contributed by atoms with Gasteiger partial charge >= 0.3 is 0 Å². The lowest BCUT2D eigenvalue weighted by molar-refractivity contribution is 0.101. The molecule has 1 aromatic carbocycles. The van der Waals surface area contributed by atoms with Crippen molar-refractivity contribution in [2.24, 2.45) is 0 Å². The van der Waals surface area contributed by atoms with Crippen molar-refractivity contribution in [3.63, 3.8) is 0 Å². The van der Waals surface area contributed by atoms with Gasteiger partial charge in [0.15, 0.2) is 5.78 Å². The van der Waals surface area contributed by atoms with Crippen molar-refractivity contribution in [1.82, 2.24) is 4.90 Å². The van der Waals surface area contributed by atoms with Crippen LogP contribution in [0.4, 0.5) is 0 Å². The SMILES string of the molecule is CC(=O)c1ccc2c(c1O)CCN(CO)CC2. The molecule has 92 valence electrons. The van der Waals surface area contributed by atoms with Gasteiger partial charge in [-0.25, -0.2) is 0 Å².